The minimum atomic E-state index is -3.63. The SMILES string of the molecule is CCC[CH2][Sn]([CH2]CCC)([CH2]CCC)[c]1ccnc(SC)n1.CNc1nccc(-c2sc(-c3ncn[nH]3)c(-c3ccc(Cl)cc3Cl)c2C#N)n1.CS(=O)(=O)c1nccc(-c2sc(-c3ncn[nH]3)c(-c3ccc(Cl)cc3Cl)c2C#N)n1.CSc1nccc(-c2sc(-c3ncn[nH]3)c(-c3ccc(Cl)cc3Cl)c2C#N)n1.N#Cc1c(I)sc(-c2ncn[nH]2)c1-c1ccc(Cl)cc1Cl. The van der Waals surface area contributed by atoms with E-state index in [0.717, 1.165) is 40.1 Å². The Morgan fingerprint density at radius 3 is 1.08 bits per heavy atom. The Morgan fingerprint density at radius 2 is 0.750 bits per heavy atom. The van der Waals surface area contributed by atoms with Crippen molar-refractivity contribution in [1.82, 2.24) is 101 Å². The number of H-pyrrole nitrogens is 4. The summed E-state index contributed by atoms with van der Waals surface area (Å²) in [7, 11) is -1.89. The number of aromatic amines is 4. The Balaban J connectivity index is 0.000000146. The number of halogens is 9. The van der Waals surface area contributed by atoms with E-state index >= 15 is 0 Å². The summed E-state index contributed by atoms with van der Waals surface area (Å²) in [6.07, 6.45) is 25.4. The van der Waals surface area contributed by atoms with E-state index in [1.165, 1.54) is 144 Å². The van der Waals surface area contributed by atoms with E-state index in [0.29, 0.717) is 161 Å². The molecule has 0 atom stereocenters. The largest absolute Gasteiger partial charge is 0.357 e. The molecule has 0 saturated heterocycles. The fourth-order valence-electron chi connectivity index (χ4n) is 13.2. The summed E-state index contributed by atoms with van der Waals surface area (Å²) in [5.74, 6) is 2.59. The van der Waals surface area contributed by atoms with Gasteiger partial charge in [0.15, 0.2) is 28.5 Å². The van der Waals surface area contributed by atoms with Gasteiger partial charge < -0.3 is 5.32 Å². The number of aromatic nitrogens is 20. The maximum atomic E-state index is 11.9. The monoisotopic (exact) mass is 2210 g/mol. The maximum absolute atomic E-state index is 11.9. The molecule has 4 aromatic carbocycles. The van der Waals surface area contributed by atoms with Gasteiger partial charge in [-0.2, -0.15) is 41.4 Å². The summed E-state index contributed by atoms with van der Waals surface area (Å²) in [6.45, 7) is 6.97. The van der Waals surface area contributed by atoms with Crippen LogP contribution in [0, 0.1) is 48.2 Å². The van der Waals surface area contributed by atoms with Gasteiger partial charge in [0.25, 0.3) is 0 Å². The summed E-state index contributed by atoms with van der Waals surface area (Å²) in [6, 6.07) is 36.9. The van der Waals surface area contributed by atoms with Gasteiger partial charge in [0.05, 0.1) is 76.4 Å². The first-order chi connectivity index (χ1) is 61.9. The molecule has 12 aromatic heterocycles. The van der Waals surface area contributed by atoms with Crippen molar-refractivity contribution in [2.24, 2.45) is 0 Å². The van der Waals surface area contributed by atoms with Crippen molar-refractivity contribution in [3.63, 3.8) is 0 Å². The van der Waals surface area contributed by atoms with Crippen molar-refractivity contribution in [2.45, 2.75) is 88.1 Å². The van der Waals surface area contributed by atoms with Gasteiger partial charge in [0, 0.05) is 117 Å². The average molecular weight is 2210 g/mol. The normalized spacial score (nSPS) is 11.0. The number of anilines is 1. The third kappa shape index (κ3) is 23.2. The molecule has 0 unspecified atom stereocenters. The Bertz CT molecular complexity index is 6690. The molecule has 128 heavy (non-hydrogen) atoms. The Kier molecular flexibility index (Phi) is 35.2. The first-order valence-corrected chi connectivity index (χ1v) is 57.5. The zero-order chi connectivity index (χ0) is 91.3. The van der Waals surface area contributed by atoms with Crippen molar-refractivity contribution in [2.75, 3.05) is 31.1 Å². The number of rotatable bonds is 25. The summed E-state index contributed by atoms with van der Waals surface area (Å²) >= 11 is 58.1. The van der Waals surface area contributed by atoms with Crippen LogP contribution < -0.4 is 9.03 Å². The second kappa shape index (κ2) is 46.1. The number of nitrogens with one attached hydrogen (secondary N) is 5. The van der Waals surface area contributed by atoms with E-state index in [4.69, 9.17) is 97.8 Å². The van der Waals surface area contributed by atoms with E-state index in [2.05, 4.69) is 181 Å². The first-order valence-electron chi connectivity index (χ1n) is 38.3. The summed E-state index contributed by atoms with van der Waals surface area (Å²) in [5.41, 5.74) is 8.65. The van der Waals surface area contributed by atoms with Crippen molar-refractivity contribution in [3.05, 3.63) is 212 Å². The number of nitrogens with zero attached hydrogens (tertiary/aromatic N) is 20. The van der Waals surface area contributed by atoms with Gasteiger partial charge >= 0.3 is 140 Å². The molecule has 0 fully saturated rings. The van der Waals surface area contributed by atoms with Gasteiger partial charge in [-0.05, 0) is 95.6 Å². The molecule has 0 saturated carbocycles. The van der Waals surface area contributed by atoms with E-state index < -0.39 is 28.2 Å². The quantitative estimate of drug-likeness (QED) is 0.0153. The molecular weight excluding hydrogens is 2140 g/mol. The number of unbranched alkanes of at least 4 members (excludes halogenated alkanes) is 3. The smallest absolute Gasteiger partial charge is 0.247 e. The molecule has 0 aliphatic rings. The van der Waals surface area contributed by atoms with Gasteiger partial charge in [0.2, 0.25) is 20.9 Å². The molecule has 650 valence electrons. The van der Waals surface area contributed by atoms with Crippen molar-refractivity contribution < 1.29 is 8.42 Å². The van der Waals surface area contributed by atoms with Crippen LogP contribution in [0.15, 0.2) is 163 Å². The van der Waals surface area contributed by atoms with Crippen LogP contribution >= 0.6 is 184 Å². The van der Waals surface area contributed by atoms with Gasteiger partial charge in [-0.25, -0.2) is 58.3 Å². The molecule has 16 aromatic rings. The van der Waals surface area contributed by atoms with Gasteiger partial charge in [-0.1, -0.05) is 129 Å². The molecule has 0 radical (unpaired) electrons. The van der Waals surface area contributed by atoms with Crippen LogP contribution in [0.1, 0.15) is 81.5 Å². The molecule has 0 bridgehead atoms. The maximum Gasteiger partial charge on any atom is 0.247 e. The van der Waals surface area contributed by atoms with E-state index in [-0.39, 0.29) is 10.7 Å². The molecule has 27 nitrogen and oxygen atoms in total. The summed E-state index contributed by atoms with van der Waals surface area (Å²) < 4.78 is 30.6. The molecule has 16 rings (SSSR count). The second-order valence-corrected chi connectivity index (χ2v) is 53.0. The number of sulfone groups is 1. The van der Waals surface area contributed by atoms with Gasteiger partial charge in [-0.15, -0.1) is 45.3 Å². The standard InChI is InChI=1S/C18H11Cl2N7S.C18H10Cl2N6O2S2.C18H10Cl2N6S2.C13H5Cl2IN4S.C5H5N2S.3C4H9.Sn/c1-22-18-23-5-4-13(26-18)15-11(7-21)14(10-3-2-9(19)6-12(10)20)16(28-15)17-24-8-25-27-17;1-30(27,28)18-22-5-4-13(25-18)15-11(7-21)14(10-3-2-9(19)6-12(10)20)16(29-15)17-23-8-24-26-17;1-27-18-22-5-4-13(25-18)15-11(7-21)14(10-3-2-9(19)6-12(10)20)16(28-15)17-23-8-24-26-17;14-6-1-2-7(9(15)3-6)10-8(4-17)12(16)21-11(10)13-18-5-19-20-13;1-8-5-6-3-2-4-7-5;3*1-3-4-2;/h2-6,8H,1H3,(H,22,23,26)(H,24,25,27);2-6,8H,1H3,(H,23,24,26);2-6,8H,1H3,(H,23,24,26);1-3,5H,(H,18,19,20);2-3H,1H3;3*1,3-4H2,2H3;. The molecule has 44 heteroatoms. The van der Waals surface area contributed by atoms with Crippen molar-refractivity contribution >= 4 is 222 Å². The fourth-order valence-corrected chi connectivity index (χ4v) is 37.6. The number of hydrogen-bond donors (Lipinski definition) is 5. The summed E-state index contributed by atoms with van der Waals surface area (Å²) in [4.78, 5) is 56.3. The average Bonchev–Trinajstić information content (AvgIpc) is 1.62. The number of thioether (sulfide) groups is 2. The Morgan fingerprint density at radius 1 is 0.422 bits per heavy atom. The zero-order valence-electron chi connectivity index (χ0n) is 68.2. The van der Waals surface area contributed by atoms with Crippen molar-refractivity contribution in [1.29, 1.82) is 21.0 Å². The van der Waals surface area contributed by atoms with Crippen molar-refractivity contribution in [3.8, 4) is 143 Å². The zero-order valence-corrected chi connectivity index (χ0v) is 85.0. The Labute approximate surface area is 818 Å². The van der Waals surface area contributed by atoms with Gasteiger partial charge in [0.1, 0.15) is 49.6 Å². The molecule has 0 aliphatic heterocycles. The fraction of sp³-hybridized carbons (Fsp3) is 0.190. The second-order valence-electron chi connectivity index (χ2n) is 27.2. The van der Waals surface area contributed by atoms with Crippen LogP contribution in [-0.2, 0) is 9.84 Å². The van der Waals surface area contributed by atoms with E-state index in [9.17, 15) is 29.5 Å². The van der Waals surface area contributed by atoms with Crippen LogP contribution in [-0.4, -0.2) is 153 Å². The van der Waals surface area contributed by atoms with Crippen LogP contribution in [0.25, 0.3) is 119 Å². The molecular formula is C84H68Cl8IN25O2S7Sn. The predicted octanol–water partition coefficient (Wildman–Crippen LogP) is 24.9. The number of thiophene rings is 4. The molecule has 0 amide bonds. The Hall–Kier alpha value is -9.18. The van der Waals surface area contributed by atoms with Gasteiger partial charge in [-0.3, -0.25) is 20.4 Å². The van der Waals surface area contributed by atoms with E-state index in [1.807, 2.05) is 18.5 Å². The van der Waals surface area contributed by atoms with Crippen LogP contribution in [0.3, 0.4) is 0 Å². The number of benzene rings is 4. The van der Waals surface area contributed by atoms with Crippen LogP contribution in [0.5, 0.6) is 0 Å². The van der Waals surface area contributed by atoms with Crippen LogP contribution in [0.2, 0.25) is 53.5 Å². The topological polar surface area (TPSA) is 411 Å². The molecule has 12 heterocycles. The van der Waals surface area contributed by atoms with E-state index in [1.54, 1.807) is 116 Å². The molecule has 0 spiro atoms. The number of hydrogen-bond acceptors (Lipinski definition) is 29. The minimum absolute atomic E-state index is 0.272. The molecule has 5 N–H and O–H groups in total. The minimum Gasteiger partial charge on any atom is -0.357 e. The predicted molar refractivity (Wildman–Crippen MR) is 528 cm³/mol. The summed E-state index contributed by atoms with van der Waals surface area (Å²) in [5, 5.41) is 74.3. The number of nitriles is 4. The third-order valence-corrected chi connectivity index (χ3v) is 44.2. The third-order valence-electron chi connectivity index (χ3n) is 19.1. The molecule has 0 aliphatic carbocycles. The first kappa shape index (κ1) is 97.9. The van der Waals surface area contributed by atoms with Crippen LogP contribution in [0.4, 0.5) is 5.95 Å².